The van der Waals surface area contributed by atoms with Crippen molar-refractivity contribution in [2.75, 3.05) is 0 Å². The van der Waals surface area contributed by atoms with Crippen LogP contribution >= 0.6 is 0 Å². The van der Waals surface area contributed by atoms with Gasteiger partial charge in [-0.25, -0.2) is 0 Å². The van der Waals surface area contributed by atoms with Gasteiger partial charge in [0.15, 0.2) is 0 Å². The van der Waals surface area contributed by atoms with Crippen LogP contribution in [0.25, 0.3) is 0 Å². The van der Waals surface area contributed by atoms with Gasteiger partial charge in [0.05, 0.1) is 5.54 Å². The fourth-order valence-electron chi connectivity index (χ4n) is 1.42. The lowest BCUT2D eigenvalue weighted by Gasteiger charge is -2.16. The van der Waals surface area contributed by atoms with Crippen LogP contribution in [-0.4, -0.2) is 11.3 Å². The van der Waals surface area contributed by atoms with E-state index in [0.717, 1.165) is 5.71 Å². The Balaban J connectivity index is 2.64. The number of nitrogens with zero attached hydrogens (tertiary/aromatic N) is 1. The zero-order chi connectivity index (χ0) is 7.61. The van der Waals surface area contributed by atoms with E-state index in [1.165, 1.54) is 12.8 Å². The van der Waals surface area contributed by atoms with Gasteiger partial charge >= 0.3 is 0 Å². The third kappa shape index (κ3) is 1.47. The highest BCUT2D eigenvalue weighted by Crippen LogP contribution is 2.23. The maximum atomic E-state index is 4.52. The average molecular weight is 137 g/mol. The summed E-state index contributed by atoms with van der Waals surface area (Å²) >= 11 is 0. The summed E-state index contributed by atoms with van der Waals surface area (Å²) in [4.78, 5) is 4.52. The Bertz CT molecular complexity index is 179. The molecule has 0 aromatic heterocycles. The molecule has 0 spiro atoms. The van der Waals surface area contributed by atoms with Crippen molar-refractivity contribution in [2.24, 2.45) is 4.99 Å². The van der Waals surface area contributed by atoms with E-state index in [1.807, 2.05) is 0 Å². The Hall–Kier alpha value is -0.590. The molecule has 0 aliphatic carbocycles. The highest BCUT2D eigenvalue weighted by atomic mass is 14.9. The molecular weight excluding hydrogens is 122 g/mol. The number of allylic oxidation sites excluding steroid dienone is 1. The second-order valence-electron chi connectivity index (χ2n) is 3.19. The van der Waals surface area contributed by atoms with Gasteiger partial charge in [0, 0.05) is 5.71 Å². The fraction of sp³-hybridized carbons (Fsp3) is 0.667. The predicted octanol–water partition coefficient (Wildman–Crippen LogP) is 2.58. The third-order valence-corrected chi connectivity index (χ3v) is 1.87. The molecule has 1 atom stereocenters. The van der Waals surface area contributed by atoms with Gasteiger partial charge in [0.2, 0.25) is 0 Å². The molecule has 1 aliphatic rings. The van der Waals surface area contributed by atoms with Gasteiger partial charge in [0.1, 0.15) is 0 Å². The van der Waals surface area contributed by atoms with Crippen LogP contribution < -0.4 is 0 Å². The Kier molecular flexibility index (Phi) is 1.93. The van der Waals surface area contributed by atoms with E-state index in [2.05, 4.69) is 37.9 Å². The van der Waals surface area contributed by atoms with Crippen LogP contribution in [0.4, 0.5) is 0 Å². The Morgan fingerprint density at radius 1 is 1.60 bits per heavy atom. The van der Waals surface area contributed by atoms with Crippen LogP contribution in [0, 0.1) is 0 Å². The van der Waals surface area contributed by atoms with Crippen LogP contribution in [-0.2, 0) is 0 Å². The number of aliphatic imine (C=N–C) groups is 1. The molecule has 0 aromatic carbocycles. The van der Waals surface area contributed by atoms with E-state index in [1.54, 1.807) is 0 Å². The molecule has 0 amide bonds. The monoisotopic (exact) mass is 137 g/mol. The quantitative estimate of drug-likeness (QED) is 0.554. The van der Waals surface area contributed by atoms with Gasteiger partial charge in [-0.2, -0.15) is 0 Å². The smallest absolute Gasteiger partial charge is 0.0766 e. The van der Waals surface area contributed by atoms with Crippen molar-refractivity contribution in [3.8, 4) is 0 Å². The standard InChI is InChI=1S/C9H15N/c1-4-6-9(3)7-5-8(2)10-9/h5,7H,4,6H2,1-3H3. The highest BCUT2D eigenvalue weighted by molar-refractivity contribution is 5.95. The maximum Gasteiger partial charge on any atom is 0.0766 e. The van der Waals surface area contributed by atoms with Crippen molar-refractivity contribution < 1.29 is 0 Å². The summed E-state index contributed by atoms with van der Waals surface area (Å²) in [7, 11) is 0. The molecule has 0 radical (unpaired) electrons. The molecule has 0 saturated carbocycles. The van der Waals surface area contributed by atoms with E-state index >= 15 is 0 Å². The molecule has 0 N–H and O–H groups in total. The topological polar surface area (TPSA) is 12.4 Å². The van der Waals surface area contributed by atoms with Crippen LogP contribution in [0.5, 0.6) is 0 Å². The summed E-state index contributed by atoms with van der Waals surface area (Å²) in [5.41, 5.74) is 1.29. The molecule has 1 nitrogen and oxygen atoms in total. The lowest BCUT2D eigenvalue weighted by molar-refractivity contribution is 0.536. The first-order valence-corrected chi connectivity index (χ1v) is 3.92. The summed E-state index contributed by atoms with van der Waals surface area (Å²) in [5, 5.41) is 0. The van der Waals surface area contributed by atoms with Crippen molar-refractivity contribution in [2.45, 2.75) is 39.2 Å². The second-order valence-corrected chi connectivity index (χ2v) is 3.19. The fourth-order valence-corrected chi connectivity index (χ4v) is 1.42. The van der Waals surface area contributed by atoms with Crippen molar-refractivity contribution in [1.82, 2.24) is 0 Å². The minimum absolute atomic E-state index is 0.124. The Labute approximate surface area is 62.9 Å². The summed E-state index contributed by atoms with van der Waals surface area (Å²) in [5.74, 6) is 0. The lowest BCUT2D eigenvalue weighted by atomic mass is 9.98. The SMILES string of the molecule is CCCC1(C)C=CC(C)=N1. The molecule has 1 heterocycles. The van der Waals surface area contributed by atoms with E-state index in [0.29, 0.717) is 0 Å². The number of hydrogen-bond donors (Lipinski definition) is 0. The van der Waals surface area contributed by atoms with E-state index < -0.39 is 0 Å². The predicted molar refractivity (Wildman–Crippen MR) is 45.6 cm³/mol. The zero-order valence-electron chi connectivity index (χ0n) is 7.02. The first-order chi connectivity index (χ1) is 4.66. The van der Waals surface area contributed by atoms with Gasteiger partial charge < -0.3 is 0 Å². The minimum atomic E-state index is 0.124. The van der Waals surface area contributed by atoms with Crippen LogP contribution in [0.2, 0.25) is 0 Å². The summed E-state index contributed by atoms with van der Waals surface area (Å²) in [6.07, 6.45) is 6.68. The first-order valence-electron chi connectivity index (χ1n) is 3.92. The largest absolute Gasteiger partial charge is 0.280 e. The van der Waals surface area contributed by atoms with E-state index in [-0.39, 0.29) is 5.54 Å². The molecule has 56 valence electrons. The minimum Gasteiger partial charge on any atom is -0.280 e. The maximum absolute atomic E-state index is 4.52. The Morgan fingerprint density at radius 3 is 2.70 bits per heavy atom. The molecule has 1 rings (SSSR count). The van der Waals surface area contributed by atoms with Crippen molar-refractivity contribution in [3.05, 3.63) is 12.2 Å². The van der Waals surface area contributed by atoms with Crippen molar-refractivity contribution in [1.29, 1.82) is 0 Å². The molecular formula is C9H15N. The zero-order valence-corrected chi connectivity index (χ0v) is 7.02. The lowest BCUT2D eigenvalue weighted by Crippen LogP contribution is -2.15. The number of hydrogen-bond acceptors (Lipinski definition) is 1. The normalized spacial score (nSPS) is 30.9. The van der Waals surface area contributed by atoms with Crippen molar-refractivity contribution >= 4 is 5.71 Å². The highest BCUT2D eigenvalue weighted by Gasteiger charge is 2.21. The van der Waals surface area contributed by atoms with Crippen LogP contribution in [0.1, 0.15) is 33.6 Å². The van der Waals surface area contributed by atoms with Gasteiger partial charge in [-0.3, -0.25) is 4.99 Å². The summed E-state index contributed by atoms with van der Waals surface area (Å²) in [6, 6.07) is 0. The Morgan fingerprint density at radius 2 is 2.30 bits per heavy atom. The average Bonchev–Trinajstić information content (AvgIpc) is 2.12. The first kappa shape index (κ1) is 7.52. The summed E-state index contributed by atoms with van der Waals surface area (Å²) < 4.78 is 0. The molecule has 0 saturated heterocycles. The molecule has 0 bridgehead atoms. The van der Waals surface area contributed by atoms with Crippen LogP contribution in [0.15, 0.2) is 17.1 Å². The van der Waals surface area contributed by atoms with Gasteiger partial charge in [0.25, 0.3) is 0 Å². The van der Waals surface area contributed by atoms with E-state index in [4.69, 9.17) is 0 Å². The molecule has 10 heavy (non-hydrogen) atoms. The molecule has 0 fully saturated rings. The molecule has 1 unspecified atom stereocenters. The number of rotatable bonds is 2. The summed E-state index contributed by atoms with van der Waals surface area (Å²) in [6.45, 7) is 6.43. The van der Waals surface area contributed by atoms with Crippen LogP contribution in [0.3, 0.4) is 0 Å². The molecule has 1 heteroatoms. The van der Waals surface area contributed by atoms with Gasteiger partial charge in [-0.15, -0.1) is 0 Å². The second kappa shape index (κ2) is 2.57. The molecule has 0 aromatic rings. The van der Waals surface area contributed by atoms with Crippen molar-refractivity contribution in [3.63, 3.8) is 0 Å². The van der Waals surface area contributed by atoms with E-state index in [9.17, 15) is 0 Å². The van der Waals surface area contributed by atoms with Gasteiger partial charge in [-0.1, -0.05) is 19.4 Å². The van der Waals surface area contributed by atoms with Gasteiger partial charge in [-0.05, 0) is 26.3 Å². The third-order valence-electron chi connectivity index (χ3n) is 1.87. The molecule has 1 aliphatic heterocycles.